The summed E-state index contributed by atoms with van der Waals surface area (Å²) in [6, 6.07) is 0.733. The molecule has 2 saturated heterocycles. The highest BCUT2D eigenvalue weighted by Crippen LogP contribution is 2.12. The minimum Gasteiger partial charge on any atom is -0.326 e. The van der Waals surface area contributed by atoms with Crippen molar-refractivity contribution in [2.24, 2.45) is 0 Å². The first-order chi connectivity index (χ1) is 8.27. The van der Waals surface area contributed by atoms with E-state index in [1.807, 2.05) is 16.8 Å². The van der Waals surface area contributed by atoms with Crippen molar-refractivity contribution in [3.8, 4) is 0 Å². The molecular formula is C13H25N3O. The second-order valence-corrected chi connectivity index (χ2v) is 5.36. The number of nitrogens with zero attached hydrogens (tertiary/aromatic N) is 2. The Kier molecular flexibility index (Phi) is 4.66. The van der Waals surface area contributed by atoms with E-state index in [1.54, 1.807) is 0 Å². The highest BCUT2D eigenvalue weighted by Gasteiger charge is 2.22. The van der Waals surface area contributed by atoms with E-state index < -0.39 is 0 Å². The van der Waals surface area contributed by atoms with Crippen LogP contribution in [0.2, 0.25) is 0 Å². The molecule has 0 aromatic carbocycles. The van der Waals surface area contributed by atoms with E-state index >= 15 is 0 Å². The summed E-state index contributed by atoms with van der Waals surface area (Å²) in [6.45, 7) is 3.86. The summed E-state index contributed by atoms with van der Waals surface area (Å²) in [5, 5.41) is 3.45. The number of carbonyl (C=O) groups excluding carboxylic acids is 1. The first-order valence-corrected chi connectivity index (χ1v) is 7.01. The van der Waals surface area contributed by atoms with Crippen molar-refractivity contribution in [3.05, 3.63) is 0 Å². The van der Waals surface area contributed by atoms with Crippen molar-refractivity contribution in [2.75, 3.05) is 33.2 Å². The Bertz CT molecular complexity index is 243. The van der Waals surface area contributed by atoms with E-state index in [1.165, 1.54) is 38.5 Å². The van der Waals surface area contributed by atoms with E-state index in [0.717, 1.165) is 26.2 Å². The second kappa shape index (κ2) is 6.24. The molecule has 0 saturated carbocycles. The van der Waals surface area contributed by atoms with Gasteiger partial charge in [0.2, 0.25) is 0 Å². The Morgan fingerprint density at radius 2 is 1.94 bits per heavy atom. The molecule has 0 radical (unpaired) electrons. The smallest absolute Gasteiger partial charge is 0.319 e. The molecule has 0 aromatic rings. The van der Waals surface area contributed by atoms with Gasteiger partial charge in [0, 0.05) is 32.7 Å². The first-order valence-electron chi connectivity index (χ1n) is 7.01. The van der Waals surface area contributed by atoms with Gasteiger partial charge in [-0.25, -0.2) is 4.79 Å². The maximum atomic E-state index is 12.3. The summed E-state index contributed by atoms with van der Waals surface area (Å²) in [4.78, 5) is 16.2. The predicted octanol–water partition coefficient (Wildman–Crippen LogP) is 1.67. The molecule has 2 amide bonds. The summed E-state index contributed by atoms with van der Waals surface area (Å²) < 4.78 is 0. The molecule has 17 heavy (non-hydrogen) atoms. The minimum absolute atomic E-state index is 0.223. The maximum absolute atomic E-state index is 12.3. The standard InChI is InChI=1S/C13H25N3O/c1-15(11-12-7-6-8-14-12)13(17)16-9-4-2-3-5-10-16/h12,14H,2-11H2,1H3. The monoisotopic (exact) mass is 239 g/mol. The number of rotatable bonds is 2. The largest absolute Gasteiger partial charge is 0.326 e. The van der Waals surface area contributed by atoms with Gasteiger partial charge in [0.05, 0.1) is 0 Å². The number of amides is 2. The van der Waals surface area contributed by atoms with Crippen LogP contribution in [0.5, 0.6) is 0 Å². The van der Waals surface area contributed by atoms with Crippen molar-refractivity contribution in [3.63, 3.8) is 0 Å². The van der Waals surface area contributed by atoms with Crippen LogP contribution in [-0.4, -0.2) is 55.1 Å². The molecule has 2 rings (SSSR count). The van der Waals surface area contributed by atoms with E-state index in [-0.39, 0.29) is 6.03 Å². The van der Waals surface area contributed by atoms with Gasteiger partial charge in [-0.2, -0.15) is 0 Å². The van der Waals surface area contributed by atoms with Crippen molar-refractivity contribution in [1.82, 2.24) is 15.1 Å². The highest BCUT2D eigenvalue weighted by molar-refractivity contribution is 5.74. The lowest BCUT2D eigenvalue weighted by atomic mass is 10.2. The Morgan fingerprint density at radius 1 is 1.24 bits per heavy atom. The fourth-order valence-electron chi connectivity index (χ4n) is 2.82. The summed E-state index contributed by atoms with van der Waals surface area (Å²) in [6.07, 6.45) is 7.34. The molecular weight excluding hydrogens is 214 g/mol. The number of hydrogen-bond donors (Lipinski definition) is 1. The third-order valence-electron chi connectivity index (χ3n) is 3.86. The van der Waals surface area contributed by atoms with E-state index in [0.29, 0.717) is 6.04 Å². The Labute approximate surface area is 104 Å². The molecule has 1 atom stereocenters. The van der Waals surface area contributed by atoms with E-state index in [4.69, 9.17) is 0 Å². The van der Waals surface area contributed by atoms with Gasteiger partial charge >= 0.3 is 6.03 Å². The van der Waals surface area contributed by atoms with Gasteiger partial charge in [0.25, 0.3) is 0 Å². The van der Waals surface area contributed by atoms with Gasteiger partial charge in [-0.05, 0) is 32.2 Å². The lowest BCUT2D eigenvalue weighted by molar-refractivity contribution is 0.161. The summed E-state index contributed by atoms with van der Waals surface area (Å²) in [5.41, 5.74) is 0. The SMILES string of the molecule is CN(CC1CCCN1)C(=O)N1CCCCCC1. The van der Waals surface area contributed by atoms with Crippen molar-refractivity contribution < 1.29 is 4.79 Å². The molecule has 98 valence electrons. The fourth-order valence-corrected chi connectivity index (χ4v) is 2.82. The molecule has 0 bridgehead atoms. The molecule has 2 aliphatic heterocycles. The van der Waals surface area contributed by atoms with Crippen molar-refractivity contribution in [2.45, 2.75) is 44.6 Å². The molecule has 1 N–H and O–H groups in total. The second-order valence-electron chi connectivity index (χ2n) is 5.36. The lowest BCUT2D eigenvalue weighted by Gasteiger charge is -2.28. The molecule has 1 unspecified atom stereocenters. The number of urea groups is 1. The maximum Gasteiger partial charge on any atom is 0.319 e. The summed E-state index contributed by atoms with van der Waals surface area (Å²) in [7, 11) is 1.94. The molecule has 0 spiro atoms. The van der Waals surface area contributed by atoms with Crippen molar-refractivity contribution >= 4 is 6.03 Å². The zero-order chi connectivity index (χ0) is 12.1. The highest BCUT2D eigenvalue weighted by atomic mass is 16.2. The van der Waals surface area contributed by atoms with Crippen LogP contribution in [0.3, 0.4) is 0 Å². The molecule has 2 fully saturated rings. The predicted molar refractivity (Wildman–Crippen MR) is 69.1 cm³/mol. The number of carbonyl (C=O) groups is 1. The number of likely N-dealkylation sites (N-methyl/N-ethyl adjacent to an activating group) is 1. The minimum atomic E-state index is 0.223. The quantitative estimate of drug-likeness (QED) is 0.795. The third-order valence-corrected chi connectivity index (χ3v) is 3.86. The topological polar surface area (TPSA) is 35.6 Å². The molecule has 2 heterocycles. The zero-order valence-electron chi connectivity index (χ0n) is 11.0. The molecule has 0 aliphatic carbocycles. The van der Waals surface area contributed by atoms with Gasteiger partial charge < -0.3 is 15.1 Å². The van der Waals surface area contributed by atoms with Gasteiger partial charge in [0.1, 0.15) is 0 Å². The van der Waals surface area contributed by atoms with Gasteiger partial charge in [-0.1, -0.05) is 12.8 Å². The first kappa shape index (κ1) is 12.7. The van der Waals surface area contributed by atoms with Crippen molar-refractivity contribution in [1.29, 1.82) is 0 Å². The van der Waals surface area contributed by atoms with Gasteiger partial charge in [0.15, 0.2) is 0 Å². The van der Waals surface area contributed by atoms with Crippen LogP contribution in [0.25, 0.3) is 0 Å². The molecule has 0 aromatic heterocycles. The Balaban J connectivity index is 1.80. The van der Waals surface area contributed by atoms with Gasteiger partial charge in [-0.3, -0.25) is 0 Å². The summed E-state index contributed by atoms with van der Waals surface area (Å²) in [5.74, 6) is 0. The van der Waals surface area contributed by atoms with E-state index in [2.05, 4.69) is 5.32 Å². The van der Waals surface area contributed by atoms with Crippen LogP contribution >= 0.6 is 0 Å². The number of hydrogen-bond acceptors (Lipinski definition) is 2. The average Bonchev–Trinajstić information content (AvgIpc) is 2.68. The average molecular weight is 239 g/mol. The van der Waals surface area contributed by atoms with Crippen LogP contribution < -0.4 is 5.32 Å². The number of nitrogens with one attached hydrogen (secondary N) is 1. The normalized spacial score (nSPS) is 25.7. The lowest BCUT2D eigenvalue weighted by Crippen LogP contribution is -2.46. The third kappa shape index (κ3) is 3.60. The zero-order valence-corrected chi connectivity index (χ0v) is 11.0. The van der Waals surface area contributed by atoms with Crippen LogP contribution in [0.15, 0.2) is 0 Å². The van der Waals surface area contributed by atoms with Crippen LogP contribution in [0, 0.1) is 0 Å². The van der Waals surface area contributed by atoms with Crippen LogP contribution in [-0.2, 0) is 0 Å². The van der Waals surface area contributed by atoms with E-state index in [9.17, 15) is 4.79 Å². The Morgan fingerprint density at radius 3 is 2.53 bits per heavy atom. The number of likely N-dealkylation sites (tertiary alicyclic amines) is 1. The summed E-state index contributed by atoms with van der Waals surface area (Å²) >= 11 is 0. The molecule has 2 aliphatic rings. The molecule has 4 heteroatoms. The van der Waals surface area contributed by atoms with Gasteiger partial charge in [-0.15, -0.1) is 0 Å². The van der Waals surface area contributed by atoms with Crippen LogP contribution in [0.4, 0.5) is 4.79 Å². The molecule has 4 nitrogen and oxygen atoms in total. The Hall–Kier alpha value is -0.770. The fraction of sp³-hybridized carbons (Fsp3) is 0.923. The van der Waals surface area contributed by atoms with Crippen LogP contribution in [0.1, 0.15) is 38.5 Å².